The van der Waals surface area contributed by atoms with E-state index in [2.05, 4.69) is 19.8 Å². The molecule has 4 amide bonds. The number of aryl methyl sites for hydroxylation is 2. The maximum Gasteiger partial charge on any atom is 0.406 e. The molecule has 0 bridgehead atoms. The van der Waals surface area contributed by atoms with Gasteiger partial charge in [-0.15, -0.1) is 22.7 Å². The first-order valence-electron chi connectivity index (χ1n) is 23.1. The van der Waals surface area contributed by atoms with Gasteiger partial charge < -0.3 is 29.4 Å². The summed E-state index contributed by atoms with van der Waals surface area (Å²) in [6.45, 7) is 6.58. The van der Waals surface area contributed by atoms with Gasteiger partial charge in [-0.1, -0.05) is 35.9 Å². The summed E-state index contributed by atoms with van der Waals surface area (Å²) in [5.74, 6) is -2.08. The van der Waals surface area contributed by atoms with Crippen LogP contribution in [0.25, 0.3) is 20.4 Å². The topological polar surface area (TPSA) is 158 Å². The lowest BCUT2D eigenvalue weighted by Crippen LogP contribution is -2.48. The summed E-state index contributed by atoms with van der Waals surface area (Å²) in [6.07, 6.45) is -6.80. The van der Waals surface area contributed by atoms with Crippen LogP contribution in [0.5, 0.6) is 0 Å². The van der Waals surface area contributed by atoms with Crippen LogP contribution in [0.15, 0.2) is 76.8 Å². The van der Waals surface area contributed by atoms with Crippen LogP contribution < -0.4 is 20.9 Å². The number of fused-ring (bicyclic) bond motifs is 2. The number of piperazine rings is 2. The van der Waals surface area contributed by atoms with Crippen molar-refractivity contribution in [1.82, 2.24) is 38.7 Å². The number of alkyl halides is 6. The quantitative estimate of drug-likeness (QED) is 0.118. The summed E-state index contributed by atoms with van der Waals surface area (Å²) < 4.78 is 78.6. The first-order valence-corrected chi connectivity index (χ1v) is 25.1. The van der Waals surface area contributed by atoms with E-state index in [1.165, 1.54) is 13.8 Å². The van der Waals surface area contributed by atoms with Crippen LogP contribution in [-0.2, 0) is 22.7 Å². The Labute approximate surface area is 427 Å². The second kappa shape index (κ2) is 22.7. The zero-order valence-electron chi connectivity index (χ0n) is 40.1. The molecule has 25 heteroatoms. The average Bonchev–Trinajstić information content (AvgIpc) is 3.89. The summed E-state index contributed by atoms with van der Waals surface area (Å²) in [7, 11) is 0. The highest BCUT2D eigenvalue weighted by molar-refractivity contribution is 7.21. The molecule has 0 radical (unpaired) electrons. The molecule has 73 heavy (non-hydrogen) atoms. The van der Waals surface area contributed by atoms with Crippen molar-refractivity contribution in [2.45, 2.75) is 53.1 Å². The molecule has 6 heterocycles. The van der Waals surface area contributed by atoms with Crippen molar-refractivity contribution in [2.75, 3.05) is 88.3 Å². The molecular formula is C48H51ClF6N10O6S2. The molecule has 2 fully saturated rings. The number of halogens is 7. The molecule has 4 aromatic heterocycles. The number of carbonyl (C=O) groups excluding carboxylic acids is 4. The third-order valence-corrected chi connectivity index (χ3v) is 15.1. The predicted molar refractivity (Wildman–Crippen MR) is 268 cm³/mol. The second-order valence-electron chi connectivity index (χ2n) is 17.2. The molecule has 0 saturated carbocycles. The average molecular weight is 1080 g/mol. The third-order valence-electron chi connectivity index (χ3n) is 12.5. The number of benzene rings is 2. The molecule has 2 saturated heterocycles. The fourth-order valence-electron chi connectivity index (χ4n) is 8.56. The largest absolute Gasteiger partial charge is 0.406 e. The zero-order valence-corrected chi connectivity index (χ0v) is 42.5. The maximum atomic E-state index is 13.3. The van der Waals surface area contributed by atoms with Crippen molar-refractivity contribution in [3.8, 4) is 0 Å². The molecule has 2 aliphatic rings. The number of hydrogen-bond donors (Lipinski definition) is 0. The Morgan fingerprint density at radius 2 is 1.00 bits per heavy atom. The van der Waals surface area contributed by atoms with Gasteiger partial charge in [0.1, 0.15) is 35.8 Å². The van der Waals surface area contributed by atoms with Gasteiger partial charge in [0.25, 0.3) is 22.9 Å². The van der Waals surface area contributed by atoms with E-state index in [0.717, 1.165) is 55.8 Å². The highest BCUT2D eigenvalue weighted by Crippen LogP contribution is 2.31. The highest BCUT2D eigenvalue weighted by atomic mass is 35.5. The lowest BCUT2D eigenvalue weighted by Gasteiger charge is -2.36. The summed E-state index contributed by atoms with van der Waals surface area (Å²) in [4.78, 5) is 96.7. The van der Waals surface area contributed by atoms with E-state index >= 15 is 0 Å². The van der Waals surface area contributed by atoms with Crippen LogP contribution in [0.3, 0.4) is 0 Å². The molecule has 390 valence electrons. The van der Waals surface area contributed by atoms with Gasteiger partial charge in [0.2, 0.25) is 11.8 Å². The number of likely N-dealkylation sites (N-methyl/N-ethyl adjacent to an activating group) is 2. The molecule has 0 N–H and O–H groups in total. The van der Waals surface area contributed by atoms with Crippen molar-refractivity contribution in [3.63, 3.8) is 0 Å². The van der Waals surface area contributed by atoms with E-state index in [-0.39, 0.29) is 35.7 Å². The van der Waals surface area contributed by atoms with Crippen LogP contribution in [-0.4, -0.2) is 153 Å². The fourth-order valence-corrected chi connectivity index (χ4v) is 11.0. The minimum atomic E-state index is -4.54. The minimum absolute atomic E-state index is 0.142. The Kier molecular flexibility index (Phi) is 16.9. The van der Waals surface area contributed by atoms with Gasteiger partial charge in [-0.3, -0.25) is 37.9 Å². The maximum absolute atomic E-state index is 13.3. The Balaban J connectivity index is 0.000000214. The Hall–Kier alpha value is -6.53. The van der Waals surface area contributed by atoms with Gasteiger partial charge in [0.05, 0.1) is 33.2 Å². The number of anilines is 2. The number of nitrogens with zero attached hydrogens (tertiary/aromatic N) is 10. The van der Waals surface area contributed by atoms with Gasteiger partial charge in [-0.05, 0) is 69.2 Å². The summed E-state index contributed by atoms with van der Waals surface area (Å²) >= 11 is 8.29. The van der Waals surface area contributed by atoms with Gasteiger partial charge in [0, 0.05) is 81.8 Å². The molecule has 16 nitrogen and oxygen atoms in total. The van der Waals surface area contributed by atoms with E-state index in [4.69, 9.17) is 11.6 Å². The fraction of sp³-hybridized carbons (Fsp3) is 0.417. The second-order valence-corrected chi connectivity index (χ2v) is 19.7. The van der Waals surface area contributed by atoms with Crippen molar-refractivity contribution in [1.29, 1.82) is 0 Å². The first-order chi connectivity index (χ1) is 34.6. The van der Waals surface area contributed by atoms with Crippen molar-refractivity contribution in [2.24, 2.45) is 0 Å². The number of rotatable bonds is 12. The number of hydrogen-bond acceptors (Lipinski definition) is 12. The molecule has 2 aliphatic heterocycles. The molecule has 0 spiro atoms. The third kappa shape index (κ3) is 12.8. The van der Waals surface area contributed by atoms with Crippen LogP contribution in [0.1, 0.15) is 44.3 Å². The van der Waals surface area contributed by atoms with Crippen molar-refractivity contribution < 1.29 is 45.5 Å². The van der Waals surface area contributed by atoms with E-state index < -0.39 is 61.5 Å². The SMILES string of the molecule is CCN(CC(F)(F)F)C(=O)Cn1cnc2sc(C(=O)N3CCN(c4cccc(Cl)c4)CC3)c(C)c2c1=O.CCN(CC(F)(F)F)C(=O)Cn1cnc2sc(C(=O)N3CCN(c4ccccc4)CC3)c(C)c2c1=O. The van der Waals surface area contributed by atoms with Crippen LogP contribution >= 0.6 is 34.3 Å². The molecule has 0 atom stereocenters. The predicted octanol–water partition coefficient (Wildman–Crippen LogP) is 6.93. The monoisotopic (exact) mass is 1080 g/mol. The summed E-state index contributed by atoms with van der Waals surface area (Å²) in [5.41, 5.74) is 1.86. The Morgan fingerprint density at radius 3 is 1.38 bits per heavy atom. The molecule has 2 aromatic carbocycles. The lowest BCUT2D eigenvalue weighted by atomic mass is 10.2. The number of para-hydroxylation sites is 1. The van der Waals surface area contributed by atoms with E-state index in [0.29, 0.717) is 97.7 Å². The van der Waals surface area contributed by atoms with Crippen LogP contribution in [0, 0.1) is 13.8 Å². The minimum Gasteiger partial charge on any atom is -0.368 e. The van der Waals surface area contributed by atoms with Crippen molar-refractivity contribution >= 4 is 89.7 Å². The van der Waals surface area contributed by atoms with Gasteiger partial charge in [-0.25, -0.2) is 9.97 Å². The zero-order chi connectivity index (χ0) is 52.9. The normalized spacial score (nSPS) is 14.3. The summed E-state index contributed by atoms with van der Waals surface area (Å²) in [5, 5.41) is 1.04. The summed E-state index contributed by atoms with van der Waals surface area (Å²) in [6, 6.07) is 17.5. The smallest absolute Gasteiger partial charge is 0.368 e. The van der Waals surface area contributed by atoms with Crippen LogP contribution in [0.4, 0.5) is 37.7 Å². The lowest BCUT2D eigenvalue weighted by molar-refractivity contribution is -0.161. The van der Waals surface area contributed by atoms with E-state index in [9.17, 15) is 55.1 Å². The first kappa shape index (κ1) is 54.2. The Bertz CT molecular complexity index is 3110. The Morgan fingerprint density at radius 1 is 0.603 bits per heavy atom. The number of amides is 4. The van der Waals surface area contributed by atoms with Crippen LogP contribution in [0.2, 0.25) is 5.02 Å². The molecule has 6 aromatic rings. The van der Waals surface area contributed by atoms with Gasteiger partial charge in [-0.2, -0.15) is 26.3 Å². The standard InChI is InChI=1S/C24H25ClF3N5O3S.C24H26F3N5O3S/c1-3-30(13-24(26,27)28)18(34)12-33-14-29-21-19(22(33)35)15(2)20(37-21)23(36)32-9-7-31(8-10-32)17-6-4-5-16(25)11-17;1-3-29(14-24(25,26)27)18(33)13-32-15-28-21-19(22(32)34)16(2)20(36-21)23(35)31-11-9-30(10-12-31)17-7-5-4-6-8-17/h4-6,11,14H,3,7-10,12-13H2,1-2H3;4-8,15H,3,9-14H2,1-2H3. The van der Waals surface area contributed by atoms with E-state index in [1.54, 1.807) is 29.7 Å². The van der Waals surface area contributed by atoms with E-state index in [1.807, 2.05) is 48.5 Å². The van der Waals surface area contributed by atoms with Crippen molar-refractivity contribution in [3.05, 3.63) is 114 Å². The number of aromatic nitrogens is 4. The molecule has 0 unspecified atom stereocenters. The number of thiophene rings is 2. The molecule has 0 aliphatic carbocycles. The molecular weight excluding hydrogens is 1030 g/mol. The highest BCUT2D eigenvalue weighted by Gasteiger charge is 2.35. The van der Waals surface area contributed by atoms with Gasteiger partial charge >= 0.3 is 12.4 Å². The van der Waals surface area contributed by atoms with Gasteiger partial charge in [0.15, 0.2) is 0 Å². The number of carbonyl (C=O) groups is 4. The molecule has 8 rings (SSSR count).